The van der Waals surface area contributed by atoms with Gasteiger partial charge in [0.25, 0.3) is 0 Å². The van der Waals surface area contributed by atoms with Gasteiger partial charge in [-0.3, -0.25) is 10.1 Å². The number of nitrogens with one attached hydrogen (secondary N) is 1. The van der Waals surface area contributed by atoms with E-state index in [9.17, 15) is 4.79 Å². The van der Waals surface area contributed by atoms with Gasteiger partial charge in [-0.15, -0.1) is 0 Å². The van der Waals surface area contributed by atoms with Crippen LogP contribution < -0.4 is 5.32 Å². The minimum atomic E-state index is -0.234. The molecule has 0 radical (unpaired) electrons. The zero-order valence-corrected chi connectivity index (χ0v) is 11.8. The second-order valence-electron chi connectivity index (χ2n) is 4.39. The maximum atomic E-state index is 11.7. The van der Waals surface area contributed by atoms with Crippen LogP contribution >= 0.6 is 0 Å². The zero-order chi connectivity index (χ0) is 13.3. The minimum Gasteiger partial charge on any atom is -0.465 e. The second kappa shape index (κ2) is 9.42. The molecule has 0 aliphatic carbocycles. The molecule has 0 heterocycles. The number of hydrogen-bond donors (Lipinski definition) is 1. The molecule has 4 heteroatoms. The first kappa shape index (κ1) is 16.4. The SMILES string of the molecule is CCOCC(NC(CC)C(=O)OCC)C(C)C. The van der Waals surface area contributed by atoms with E-state index in [-0.39, 0.29) is 18.1 Å². The van der Waals surface area contributed by atoms with Gasteiger partial charge in [-0.2, -0.15) is 0 Å². The van der Waals surface area contributed by atoms with E-state index < -0.39 is 0 Å². The Morgan fingerprint density at radius 3 is 2.24 bits per heavy atom. The molecule has 17 heavy (non-hydrogen) atoms. The number of carbonyl (C=O) groups excluding carboxylic acids is 1. The Labute approximate surface area is 105 Å². The van der Waals surface area contributed by atoms with Gasteiger partial charge in [0.2, 0.25) is 0 Å². The van der Waals surface area contributed by atoms with Crippen molar-refractivity contribution in [1.29, 1.82) is 0 Å². The highest BCUT2D eigenvalue weighted by Gasteiger charge is 2.23. The van der Waals surface area contributed by atoms with Crippen LogP contribution in [0.15, 0.2) is 0 Å². The van der Waals surface area contributed by atoms with Gasteiger partial charge >= 0.3 is 5.97 Å². The molecule has 0 aromatic rings. The molecule has 0 amide bonds. The van der Waals surface area contributed by atoms with Gasteiger partial charge in [0.05, 0.1) is 13.2 Å². The van der Waals surface area contributed by atoms with Gasteiger partial charge in [-0.1, -0.05) is 20.8 Å². The van der Waals surface area contributed by atoms with Crippen molar-refractivity contribution >= 4 is 5.97 Å². The number of carbonyl (C=O) groups is 1. The van der Waals surface area contributed by atoms with Gasteiger partial charge in [-0.25, -0.2) is 0 Å². The number of rotatable bonds is 9. The smallest absolute Gasteiger partial charge is 0.323 e. The summed E-state index contributed by atoms with van der Waals surface area (Å²) in [6.45, 7) is 11.8. The number of ether oxygens (including phenoxy) is 2. The van der Waals surface area contributed by atoms with E-state index in [1.54, 1.807) is 0 Å². The van der Waals surface area contributed by atoms with Crippen LogP contribution in [-0.2, 0) is 14.3 Å². The Balaban J connectivity index is 4.32. The maximum absolute atomic E-state index is 11.7. The molecule has 0 saturated carbocycles. The molecule has 2 atom stereocenters. The minimum absolute atomic E-state index is 0.169. The van der Waals surface area contributed by atoms with Crippen molar-refractivity contribution in [3.63, 3.8) is 0 Å². The molecule has 0 aromatic carbocycles. The normalized spacial score (nSPS) is 14.7. The first-order valence-electron chi connectivity index (χ1n) is 6.57. The molecular weight excluding hydrogens is 218 g/mol. The quantitative estimate of drug-likeness (QED) is 0.631. The number of esters is 1. The third-order valence-electron chi connectivity index (χ3n) is 2.70. The molecule has 0 aliphatic rings. The fraction of sp³-hybridized carbons (Fsp3) is 0.923. The molecule has 4 nitrogen and oxygen atoms in total. The standard InChI is InChI=1S/C13H27NO3/c1-6-11(13(15)17-8-3)14-12(10(4)5)9-16-7-2/h10-12,14H,6-9H2,1-5H3. The Bertz CT molecular complexity index is 207. The van der Waals surface area contributed by atoms with E-state index in [4.69, 9.17) is 9.47 Å². The van der Waals surface area contributed by atoms with Crippen LogP contribution in [0.4, 0.5) is 0 Å². The maximum Gasteiger partial charge on any atom is 0.323 e. The van der Waals surface area contributed by atoms with Crippen LogP contribution in [0.5, 0.6) is 0 Å². The van der Waals surface area contributed by atoms with Crippen molar-refractivity contribution in [3.05, 3.63) is 0 Å². The highest BCUT2D eigenvalue weighted by atomic mass is 16.5. The summed E-state index contributed by atoms with van der Waals surface area (Å²) in [5.41, 5.74) is 0. The average molecular weight is 245 g/mol. The molecule has 102 valence electrons. The van der Waals surface area contributed by atoms with E-state index in [2.05, 4.69) is 19.2 Å². The Morgan fingerprint density at radius 2 is 1.82 bits per heavy atom. The van der Waals surface area contributed by atoms with E-state index in [1.807, 2.05) is 20.8 Å². The second-order valence-corrected chi connectivity index (χ2v) is 4.39. The molecule has 0 fully saturated rings. The molecule has 1 N–H and O–H groups in total. The molecule has 2 unspecified atom stereocenters. The van der Waals surface area contributed by atoms with Gasteiger partial charge in [0.1, 0.15) is 6.04 Å². The summed E-state index contributed by atoms with van der Waals surface area (Å²) >= 11 is 0. The summed E-state index contributed by atoms with van der Waals surface area (Å²) in [5.74, 6) is 0.252. The highest BCUT2D eigenvalue weighted by Crippen LogP contribution is 2.06. The summed E-state index contributed by atoms with van der Waals surface area (Å²) in [5, 5.41) is 3.32. The van der Waals surface area contributed by atoms with Crippen molar-refractivity contribution < 1.29 is 14.3 Å². The van der Waals surface area contributed by atoms with Crippen molar-refractivity contribution in [1.82, 2.24) is 5.32 Å². The van der Waals surface area contributed by atoms with Crippen molar-refractivity contribution in [3.8, 4) is 0 Å². The first-order valence-corrected chi connectivity index (χ1v) is 6.57. The molecular formula is C13H27NO3. The van der Waals surface area contributed by atoms with Crippen molar-refractivity contribution in [2.75, 3.05) is 19.8 Å². The van der Waals surface area contributed by atoms with Crippen LogP contribution in [0.25, 0.3) is 0 Å². The molecule has 0 bridgehead atoms. The van der Waals surface area contributed by atoms with E-state index in [0.29, 0.717) is 25.7 Å². The van der Waals surface area contributed by atoms with E-state index in [0.717, 1.165) is 6.42 Å². The van der Waals surface area contributed by atoms with Crippen LogP contribution in [0.1, 0.15) is 41.0 Å². The summed E-state index contributed by atoms with van der Waals surface area (Å²) in [7, 11) is 0. The van der Waals surface area contributed by atoms with Gasteiger partial charge in [0, 0.05) is 12.6 Å². The van der Waals surface area contributed by atoms with Gasteiger partial charge in [-0.05, 0) is 26.2 Å². The third kappa shape index (κ3) is 6.64. The molecule has 0 aromatic heterocycles. The Hall–Kier alpha value is -0.610. The lowest BCUT2D eigenvalue weighted by Crippen LogP contribution is -2.48. The lowest BCUT2D eigenvalue weighted by atomic mass is 10.0. The fourth-order valence-corrected chi connectivity index (χ4v) is 1.53. The molecule has 0 saturated heterocycles. The number of hydrogen-bond acceptors (Lipinski definition) is 4. The summed E-state index contributed by atoms with van der Waals surface area (Å²) < 4.78 is 10.5. The molecule has 0 aliphatic heterocycles. The predicted molar refractivity (Wildman–Crippen MR) is 69.0 cm³/mol. The van der Waals surface area contributed by atoms with Crippen LogP contribution in [0.2, 0.25) is 0 Å². The molecule has 0 spiro atoms. The summed E-state index contributed by atoms with van der Waals surface area (Å²) in [4.78, 5) is 11.7. The average Bonchev–Trinajstić information content (AvgIpc) is 2.29. The van der Waals surface area contributed by atoms with Crippen LogP contribution in [0, 0.1) is 5.92 Å². The predicted octanol–water partition coefficient (Wildman–Crippen LogP) is 1.98. The van der Waals surface area contributed by atoms with Gasteiger partial charge in [0.15, 0.2) is 0 Å². The Morgan fingerprint density at radius 1 is 1.18 bits per heavy atom. The lowest BCUT2D eigenvalue weighted by Gasteiger charge is -2.26. The van der Waals surface area contributed by atoms with Gasteiger partial charge < -0.3 is 9.47 Å². The Kier molecular flexibility index (Phi) is 9.09. The highest BCUT2D eigenvalue weighted by molar-refractivity contribution is 5.75. The summed E-state index contributed by atoms with van der Waals surface area (Å²) in [6, 6.07) is -0.0490. The monoisotopic (exact) mass is 245 g/mol. The van der Waals surface area contributed by atoms with E-state index >= 15 is 0 Å². The largest absolute Gasteiger partial charge is 0.465 e. The lowest BCUT2D eigenvalue weighted by molar-refractivity contribution is -0.146. The van der Waals surface area contributed by atoms with Crippen LogP contribution in [-0.4, -0.2) is 37.9 Å². The third-order valence-corrected chi connectivity index (χ3v) is 2.70. The topological polar surface area (TPSA) is 47.6 Å². The van der Waals surface area contributed by atoms with E-state index in [1.165, 1.54) is 0 Å². The summed E-state index contributed by atoms with van der Waals surface area (Å²) in [6.07, 6.45) is 0.730. The first-order chi connectivity index (χ1) is 8.06. The molecule has 0 rings (SSSR count). The van der Waals surface area contributed by atoms with Crippen LogP contribution in [0.3, 0.4) is 0 Å². The van der Waals surface area contributed by atoms with Crippen molar-refractivity contribution in [2.24, 2.45) is 5.92 Å². The fourth-order valence-electron chi connectivity index (χ4n) is 1.53. The zero-order valence-electron chi connectivity index (χ0n) is 11.8. The van der Waals surface area contributed by atoms with Crippen molar-refractivity contribution in [2.45, 2.75) is 53.1 Å².